The predicted molar refractivity (Wildman–Crippen MR) is 81.6 cm³/mol. The molecule has 0 aliphatic heterocycles. The topological polar surface area (TPSA) is 79.0 Å². The second kappa shape index (κ2) is 6.06. The zero-order valence-corrected chi connectivity index (χ0v) is 11.8. The maximum absolute atomic E-state index is 10.8. The average molecular weight is 281 g/mol. The van der Waals surface area contributed by atoms with E-state index in [9.17, 15) is 10.1 Å². The number of nitrogens with one attached hydrogen (secondary N) is 1. The zero-order chi connectivity index (χ0) is 15.4. The first-order chi connectivity index (χ1) is 10.0. The molecule has 0 heterocycles. The van der Waals surface area contributed by atoms with Gasteiger partial charge in [-0.25, -0.2) is 0 Å². The highest BCUT2D eigenvalue weighted by Gasteiger charge is 2.14. The van der Waals surface area contributed by atoms with Crippen LogP contribution in [0.25, 0.3) is 0 Å². The molecule has 0 spiro atoms. The third-order valence-corrected chi connectivity index (χ3v) is 3.18. The van der Waals surface area contributed by atoms with Gasteiger partial charge in [-0.1, -0.05) is 32.0 Å². The second-order valence-electron chi connectivity index (χ2n) is 4.97. The van der Waals surface area contributed by atoms with Crippen molar-refractivity contribution in [1.82, 2.24) is 0 Å². The highest BCUT2D eigenvalue weighted by molar-refractivity contribution is 5.67. The molecule has 0 radical (unpaired) electrons. The highest BCUT2D eigenvalue weighted by Crippen LogP contribution is 2.29. The Morgan fingerprint density at radius 2 is 1.95 bits per heavy atom. The SMILES string of the molecule is CC(C)c1ccccc1Nc1ccc([N+](=O)[O-])c(C#N)c1. The maximum Gasteiger partial charge on any atom is 0.287 e. The van der Waals surface area contributed by atoms with Crippen LogP contribution in [-0.2, 0) is 0 Å². The van der Waals surface area contributed by atoms with Gasteiger partial charge in [0.1, 0.15) is 11.6 Å². The smallest absolute Gasteiger partial charge is 0.287 e. The molecule has 0 amide bonds. The number of nitriles is 1. The van der Waals surface area contributed by atoms with Gasteiger partial charge in [0.05, 0.1) is 4.92 Å². The molecule has 0 saturated carbocycles. The van der Waals surface area contributed by atoms with Crippen LogP contribution in [0.5, 0.6) is 0 Å². The fraction of sp³-hybridized carbons (Fsp3) is 0.188. The summed E-state index contributed by atoms with van der Waals surface area (Å²) in [4.78, 5) is 10.3. The number of nitro groups is 1. The molecule has 2 aromatic carbocycles. The third kappa shape index (κ3) is 3.18. The fourth-order valence-electron chi connectivity index (χ4n) is 2.13. The van der Waals surface area contributed by atoms with Crippen molar-refractivity contribution in [3.05, 3.63) is 63.7 Å². The Bertz CT molecular complexity index is 718. The van der Waals surface area contributed by atoms with Crippen molar-refractivity contribution in [2.75, 3.05) is 5.32 Å². The van der Waals surface area contributed by atoms with Crippen LogP contribution in [0, 0.1) is 21.4 Å². The first kappa shape index (κ1) is 14.5. The van der Waals surface area contributed by atoms with Crippen molar-refractivity contribution in [2.24, 2.45) is 0 Å². The molecule has 5 heteroatoms. The molecule has 0 saturated heterocycles. The van der Waals surface area contributed by atoms with Crippen LogP contribution >= 0.6 is 0 Å². The molecule has 1 N–H and O–H groups in total. The van der Waals surface area contributed by atoms with Crippen LogP contribution in [0.15, 0.2) is 42.5 Å². The van der Waals surface area contributed by atoms with Crippen LogP contribution < -0.4 is 5.32 Å². The normalized spacial score (nSPS) is 10.2. The minimum Gasteiger partial charge on any atom is -0.355 e. The minimum absolute atomic E-state index is 0.0482. The summed E-state index contributed by atoms with van der Waals surface area (Å²) >= 11 is 0. The predicted octanol–water partition coefficient (Wildman–Crippen LogP) is 4.33. The molecule has 0 fully saturated rings. The summed E-state index contributed by atoms with van der Waals surface area (Å²) in [6.45, 7) is 4.19. The highest BCUT2D eigenvalue weighted by atomic mass is 16.6. The quantitative estimate of drug-likeness (QED) is 0.668. The second-order valence-corrected chi connectivity index (χ2v) is 4.97. The van der Waals surface area contributed by atoms with Gasteiger partial charge < -0.3 is 5.32 Å². The van der Waals surface area contributed by atoms with Gasteiger partial charge in [-0.2, -0.15) is 5.26 Å². The Kier molecular flexibility index (Phi) is 4.19. The molecule has 0 unspecified atom stereocenters. The molecule has 21 heavy (non-hydrogen) atoms. The molecule has 0 aliphatic rings. The summed E-state index contributed by atoms with van der Waals surface area (Å²) < 4.78 is 0. The van der Waals surface area contributed by atoms with E-state index in [4.69, 9.17) is 5.26 Å². The Hall–Kier alpha value is -2.87. The van der Waals surface area contributed by atoms with Crippen molar-refractivity contribution >= 4 is 17.1 Å². The standard InChI is InChI=1S/C16H15N3O2/c1-11(2)14-5-3-4-6-15(14)18-13-7-8-16(19(20)21)12(9-13)10-17/h3-9,11,18H,1-2H3. The number of hydrogen-bond acceptors (Lipinski definition) is 4. The zero-order valence-electron chi connectivity index (χ0n) is 11.8. The molecule has 0 bridgehead atoms. The van der Waals surface area contributed by atoms with Crippen LogP contribution in [-0.4, -0.2) is 4.92 Å². The van der Waals surface area contributed by atoms with Gasteiger partial charge in [0.2, 0.25) is 0 Å². The first-order valence-corrected chi connectivity index (χ1v) is 6.57. The number of rotatable bonds is 4. The number of nitrogens with zero attached hydrogens (tertiary/aromatic N) is 2. The molecular weight excluding hydrogens is 266 g/mol. The maximum atomic E-state index is 10.8. The molecule has 0 aromatic heterocycles. The van der Waals surface area contributed by atoms with Crippen molar-refractivity contribution in [2.45, 2.75) is 19.8 Å². The van der Waals surface area contributed by atoms with Gasteiger partial charge in [0, 0.05) is 17.4 Å². The van der Waals surface area contributed by atoms with Crippen LogP contribution in [0.3, 0.4) is 0 Å². The van der Waals surface area contributed by atoms with E-state index in [-0.39, 0.29) is 11.3 Å². The number of para-hydroxylation sites is 1. The molecule has 0 aliphatic carbocycles. The Balaban J connectivity index is 2.38. The lowest BCUT2D eigenvalue weighted by molar-refractivity contribution is -0.385. The van der Waals surface area contributed by atoms with Crippen LogP contribution in [0.2, 0.25) is 0 Å². The number of nitro benzene ring substituents is 1. The van der Waals surface area contributed by atoms with Gasteiger partial charge in [-0.05, 0) is 29.7 Å². The van der Waals surface area contributed by atoms with Crippen molar-refractivity contribution in [3.8, 4) is 6.07 Å². The molecule has 106 valence electrons. The lowest BCUT2D eigenvalue weighted by Gasteiger charge is -2.14. The van der Waals surface area contributed by atoms with E-state index in [1.54, 1.807) is 6.07 Å². The lowest BCUT2D eigenvalue weighted by atomic mass is 10.0. The van der Waals surface area contributed by atoms with Gasteiger partial charge in [-0.15, -0.1) is 0 Å². The van der Waals surface area contributed by atoms with E-state index >= 15 is 0 Å². The lowest BCUT2D eigenvalue weighted by Crippen LogP contribution is -1.99. The van der Waals surface area contributed by atoms with Gasteiger partial charge in [-0.3, -0.25) is 10.1 Å². The summed E-state index contributed by atoms with van der Waals surface area (Å²) in [5.74, 6) is 0.349. The number of anilines is 2. The first-order valence-electron chi connectivity index (χ1n) is 6.57. The van der Waals surface area contributed by atoms with E-state index in [0.717, 1.165) is 11.3 Å². The van der Waals surface area contributed by atoms with E-state index in [1.165, 1.54) is 12.1 Å². The van der Waals surface area contributed by atoms with E-state index in [0.29, 0.717) is 11.6 Å². The molecule has 5 nitrogen and oxygen atoms in total. The van der Waals surface area contributed by atoms with Crippen molar-refractivity contribution < 1.29 is 4.92 Å². The summed E-state index contributed by atoms with van der Waals surface area (Å²) in [5.41, 5.74) is 2.61. The van der Waals surface area contributed by atoms with E-state index < -0.39 is 4.92 Å². The summed E-state index contributed by atoms with van der Waals surface area (Å²) in [5, 5.41) is 23.1. The van der Waals surface area contributed by atoms with Gasteiger partial charge >= 0.3 is 0 Å². The van der Waals surface area contributed by atoms with Crippen molar-refractivity contribution in [1.29, 1.82) is 5.26 Å². The van der Waals surface area contributed by atoms with E-state index in [1.807, 2.05) is 30.3 Å². The summed E-state index contributed by atoms with van der Waals surface area (Å²) in [6, 6.07) is 14.2. The van der Waals surface area contributed by atoms with Crippen LogP contribution in [0.4, 0.5) is 17.1 Å². The number of benzene rings is 2. The summed E-state index contributed by atoms with van der Waals surface area (Å²) in [7, 11) is 0. The Morgan fingerprint density at radius 1 is 1.24 bits per heavy atom. The molecular formula is C16H15N3O2. The average Bonchev–Trinajstić information content (AvgIpc) is 2.47. The number of hydrogen-bond donors (Lipinski definition) is 1. The third-order valence-electron chi connectivity index (χ3n) is 3.18. The van der Waals surface area contributed by atoms with E-state index in [2.05, 4.69) is 19.2 Å². The van der Waals surface area contributed by atoms with Gasteiger partial charge in [0.15, 0.2) is 0 Å². The largest absolute Gasteiger partial charge is 0.355 e. The molecule has 2 aromatic rings. The Morgan fingerprint density at radius 3 is 2.57 bits per heavy atom. The fourth-order valence-corrected chi connectivity index (χ4v) is 2.13. The molecule has 2 rings (SSSR count). The van der Waals surface area contributed by atoms with Crippen molar-refractivity contribution in [3.63, 3.8) is 0 Å². The minimum atomic E-state index is -0.551. The van der Waals surface area contributed by atoms with Crippen LogP contribution in [0.1, 0.15) is 30.9 Å². The monoisotopic (exact) mass is 281 g/mol. The van der Waals surface area contributed by atoms with Gasteiger partial charge in [0.25, 0.3) is 5.69 Å². The molecule has 0 atom stereocenters. The summed E-state index contributed by atoms with van der Waals surface area (Å²) in [6.07, 6.45) is 0. The Labute approximate surface area is 123 Å².